The number of imidazole rings is 1. The normalized spacial score (nSPS) is 10.8. The summed E-state index contributed by atoms with van der Waals surface area (Å²) >= 11 is 1.75. The first-order valence-corrected chi connectivity index (χ1v) is 5.08. The van der Waals surface area contributed by atoms with E-state index in [1.165, 1.54) is 0 Å². The summed E-state index contributed by atoms with van der Waals surface area (Å²) < 4.78 is 0. The lowest BCUT2D eigenvalue weighted by Gasteiger charge is -1.86. The molecule has 2 aromatic rings. The molecule has 0 bridgehead atoms. The Hall–Kier alpha value is -1.03. The van der Waals surface area contributed by atoms with Gasteiger partial charge in [0, 0.05) is 6.20 Å². The molecule has 0 saturated carbocycles. The van der Waals surface area contributed by atoms with Crippen LogP contribution in [0.15, 0.2) is 18.3 Å². The van der Waals surface area contributed by atoms with Crippen LogP contribution in [0.5, 0.6) is 0 Å². The van der Waals surface area contributed by atoms with Crippen LogP contribution in [0.3, 0.4) is 0 Å². The van der Waals surface area contributed by atoms with Gasteiger partial charge >= 0.3 is 0 Å². The molecule has 1 N–H and O–H groups in total. The van der Waals surface area contributed by atoms with Crippen molar-refractivity contribution < 1.29 is 0 Å². The number of H-pyrrole nitrogens is 1. The van der Waals surface area contributed by atoms with Crippen molar-refractivity contribution in [2.75, 3.05) is 6.26 Å². The highest BCUT2D eigenvalue weighted by Gasteiger charge is 2.00. The minimum absolute atomic E-state index is 0.807. The first-order chi connectivity index (χ1) is 5.90. The maximum atomic E-state index is 4.31. The zero-order valence-corrected chi connectivity index (χ0v) is 7.56. The van der Waals surface area contributed by atoms with Crippen molar-refractivity contribution in [1.82, 2.24) is 15.0 Å². The van der Waals surface area contributed by atoms with Crippen molar-refractivity contribution in [3.8, 4) is 0 Å². The van der Waals surface area contributed by atoms with Crippen molar-refractivity contribution in [2.45, 2.75) is 5.75 Å². The molecule has 0 unspecified atom stereocenters. The number of nitrogens with one attached hydrogen (secondary N) is 1. The molecule has 12 heavy (non-hydrogen) atoms. The fourth-order valence-corrected chi connectivity index (χ4v) is 1.51. The van der Waals surface area contributed by atoms with E-state index in [0.717, 1.165) is 22.7 Å². The van der Waals surface area contributed by atoms with Crippen LogP contribution >= 0.6 is 11.8 Å². The number of pyridine rings is 1. The minimum atomic E-state index is 0.807. The molecule has 0 aliphatic rings. The van der Waals surface area contributed by atoms with E-state index in [4.69, 9.17) is 0 Å². The molecule has 0 atom stereocenters. The van der Waals surface area contributed by atoms with Crippen LogP contribution in [-0.2, 0) is 5.75 Å². The van der Waals surface area contributed by atoms with Gasteiger partial charge in [0.25, 0.3) is 0 Å². The number of hydrogen-bond donors (Lipinski definition) is 1. The standard InChI is InChI=1S/C8H9N3S/c1-12-5-7-10-6-3-2-4-9-8(6)11-7/h2-4H,5H2,1H3,(H,9,10,11). The molecule has 0 aliphatic heterocycles. The Kier molecular flexibility index (Phi) is 1.99. The quantitative estimate of drug-likeness (QED) is 0.764. The predicted molar refractivity (Wildman–Crippen MR) is 51.1 cm³/mol. The molecule has 0 radical (unpaired) electrons. The Labute approximate surface area is 74.6 Å². The third-order valence-electron chi connectivity index (χ3n) is 1.59. The Morgan fingerprint density at radius 1 is 1.58 bits per heavy atom. The summed E-state index contributed by atoms with van der Waals surface area (Å²) in [6.45, 7) is 0. The summed E-state index contributed by atoms with van der Waals surface area (Å²) in [6.07, 6.45) is 3.81. The third kappa shape index (κ3) is 1.30. The van der Waals surface area contributed by atoms with E-state index in [9.17, 15) is 0 Å². The zero-order valence-electron chi connectivity index (χ0n) is 6.74. The molecule has 0 aromatic carbocycles. The van der Waals surface area contributed by atoms with Gasteiger partial charge < -0.3 is 4.98 Å². The van der Waals surface area contributed by atoms with E-state index < -0.39 is 0 Å². The van der Waals surface area contributed by atoms with Crippen molar-refractivity contribution in [3.63, 3.8) is 0 Å². The Morgan fingerprint density at radius 3 is 3.25 bits per heavy atom. The van der Waals surface area contributed by atoms with Crippen LogP contribution < -0.4 is 0 Å². The number of fused-ring (bicyclic) bond motifs is 1. The van der Waals surface area contributed by atoms with Crippen molar-refractivity contribution in [1.29, 1.82) is 0 Å². The number of hydrogen-bond acceptors (Lipinski definition) is 3. The average molecular weight is 179 g/mol. The van der Waals surface area contributed by atoms with Gasteiger partial charge in [0.2, 0.25) is 0 Å². The molecule has 4 heteroatoms. The maximum absolute atomic E-state index is 4.31. The van der Waals surface area contributed by atoms with Gasteiger partial charge in [-0.25, -0.2) is 9.97 Å². The number of thioether (sulfide) groups is 1. The third-order valence-corrected chi connectivity index (χ3v) is 2.15. The van der Waals surface area contributed by atoms with Crippen LogP contribution in [0.1, 0.15) is 5.82 Å². The summed E-state index contributed by atoms with van der Waals surface area (Å²) in [5, 5.41) is 0. The minimum Gasteiger partial charge on any atom is -0.340 e. The highest BCUT2D eigenvalue weighted by molar-refractivity contribution is 7.97. The zero-order chi connectivity index (χ0) is 8.39. The lowest BCUT2D eigenvalue weighted by atomic mass is 10.4. The lowest BCUT2D eigenvalue weighted by Crippen LogP contribution is -1.80. The molecule has 3 nitrogen and oxygen atoms in total. The molecule has 2 heterocycles. The van der Waals surface area contributed by atoms with Gasteiger partial charge in [-0.2, -0.15) is 11.8 Å². The van der Waals surface area contributed by atoms with Crippen LogP contribution in [0.2, 0.25) is 0 Å². The fraction of sp³-hybridized carbons (Fsp3) is 0.250. The largest absolute Gasteiger partial charge is 0.340 e. The molecule has 0 fully saturated rings. The van der Waals surface area contributed by atoms with E-state index in [2.05, 4.69) is 21.2 Å². The predicted octanol–water partition coefficient (Wildman–Crippen LogP) is 1.82. The van der Waals surface area contributed by atoms with Gasteiger partial charge in [-0.1, -0.05) is 0 Å². The molecule has 2 aromatic heterocycles. The summed E-state index contributed by atoms with van der Waals surface area (Å²) in [5.74, 6) is 1.91. The topological polar surface area (TPSA) is 41.6 Å². The van der Waals surface area contributed by atoms with Crippen LogP contribution in [0, 0.1) is 0 Å². The first-order valence-electron chi connectivity index (χ1n) is 3.68. The van der Waals surface area contributed by atoms with E-state index >= 15 is 0 Å². The summed E-state index contributed by atoms with van der Waals surface area (Å²) in [4.78, 5) is 11.6. The summed E-state index contributed by atoms with van der Waals surface area (Å²) in [7, 11) is 0. The molecule has 0 saturated heterocycles. The smallest absolute Gasteiger partial charge is 0.177 e. The Bertz CT molecular complexity index is 349. The molecular formula is C8H9N3S. The van der Waals surface area contributed by atoms with Crippen LogP contribution in [-0.4, -0.2) is 21.2 Å². The molecule has 2 rings (SSSR count). The SMILES string of the molecule is CSCc1nc2ncccc2[nH]1. The number of rotatable bonds is 2. The van der Waals surface area contributed by atoms with E-state index in [1.54, 1.807) is 18.0 Å². The van der Waals surface area contributed by atoms with Crippen LogP contribution in [0.4, 0.5) is 0 Å². The number of aromatic amines is 1. The second-order valence-corrected chi connectivity index (χ2v) is 3.36. The van der Waals surface area contributed by atoms with Gasteiger partial charge in [0.15, 0.2) is 5.65 Å². The number of nitrogens with zero attached hydrogens (tertiary/aromatic N) is 2. The van der Waals surface area contributed by atoms with Crippen LogP contribution in [0.25, 0.3) is 11.2 Å². The first kappa shape index (κ1) is 7.61. The molecular weight excluding hydrogens is 170 g/mol. The second-order valence-electron chi connectivity index (χ2n) is 2.49. The average Bonchev–Trinajstić information content (AvgIpc) is 2.47. The highest BCUT2D eigenvalue weighted by atomic mass is 32.2. The van der Waals surface area contributed by atoms with Gasteiger partial charge in [-0.3, -0.25) is 0 Å². The highest BCUT2D eigenvalue weighted by Crippen LogP contribution is 2.10. The van der Waals surface area contributed by atoms with E-state index in [0.29, 0.717) is 0 Å². The maximum Gasteiger partial charge on any atom is 0.177 e. The van der Waals surface area contributed by atoms with E-state index in [1.807, 2.05) is 12.1 Å². The van der Waals surface area contributed by atoms with Crippen molar-refractivity contribution in [3.05, 3.63) is 24.2 Å². The van der Waals surface area contributed by atoms with Crippen molar-refractivity contribution in [2.24, 2.45) is 0 Å². The van der Waals surface area contributed by atoms with Gasteiger partial charge in [0.1, 0.15) is 5.82 Å². The van der Waals surface area contributed by atoms with Crippen molar-refractivity contribution >= 4 is 22.9 Å². The van der Waals surface area contributed by atoms with Gasteiger partial charge in [0.05, 0.1) is 11.3 Å². The van der Waals surface area contributed by atoms with Gasteiger partial charge in [-0.15, -0.1) is 0 Å². The monoisotopic (exact) mass is 179 g/mol. The number of aromatic nitrogens is 3. The Morgan fingerprint density at radius 2 is 2.50 bits per heavy atom. The molecule has 0 amide bonds. The molecule has 62 valence electrons. The summed E-state index contributed by atoms with van der Waals surface area (Å²) in [6, 6.07) is 3.89. The lowest BCUT2D eigenvalue weighted by molar-refractivity contribution is 1.13. The van der Waals surface area contributed by atoms with Gasteiger partial charge in [-0.05, 0) is 18.4 Å². The Balaban J connectivity index is 2.47. The second kappa shape index (κ2) is 3.15. The molecule has 0 aliphatic carbocycles. The summed E-state index contributed by atoms with van der Waals surface area (Å²) in [5.41, 5.74) is 1.82. The van der Waals surface area contributed by atoms with E-state index in [-0.39, 0.29) is 0 Å². The molecule has 0 spiro atoms. The fourth-order valence-electron chi connectivity index (χ4n) is 1.10.